The van der Waals surface area contributed by atoms with Crippen LogP contribution in [0.25, 0.3) is 10.9 Å². The van der Waals surface area contributed by atoms with E-state index in [9.17, 15) is 4.79 Å². The average molecular weight is 542 g/mol. The van der Waals surface area contributed by atoms with Crippen LogP contribution >= 0.6 is 0 Å². The molecule has 3 aromatic carbocycles. The third kappa shape index (κ3) is 5.94. The first-order chi connectivity index (χ1) is 19.5. The van der Waals surface area contributed by atoms with Gasteiger partial charge < -0.3 is 28.6 Å². The van der Waals surface area contributed by atoms with Gasteiger partial charge in [-0.1, -0.05) is 37.3 Å². The molecule has 210 valence electrons. The minimum absolute atomic E-state index is 0.164. The largest absolute Gasteiger partial charge is 0.497 e. The van der Waals surface area contributed by atoms with Crippen molar-refractivity contribution in [1.29, 1.82) is 0 Å². The molecule has 0 N–H and O–H groups in total. The monoisotopic (exact) mass is 541 g/mol. The van der Waals surface area contributed by atoms with E-state index in [1.807, 2.05) is 35.2 Å². The van der Waals surface area contributed by atoms with Gasteiger partial charge in [0.15, 0.2) is 0 Å². The van der Waals surface area contributed by atoms with E-state index < -0.39 is 0 Å². The molecule has 1 saturated heterocycles. The number of para-hydroxylation sites is 1. The Labute approximate surface area is 236 Å². The quantitative estimate of drug-likeness (QED) is 0.269. The van der Waals surface area contributed by atoms with Crippen LogP contribution in [0.15, 0.2) is 72.9 Å². The number of hydrogen-bond donors (Lipinski definition) is 0. The summed E-state index contributed by atoms with van der Waals surface area (Å²) in [5.74, 6) is 2.28. The Balaban J connectivity index is 1.55. The zero-order valence-corrected chi connectivity index (χ0v) is 23.9. The molecule has 1 aromatic heterocycles. The number of hydrogen-bond acceptors (Lipinski definition) is 5. The topological polar surface area (TPSA) is 56.2 Å². The van der Waals surface area contributed by atoms with Crippen LogP contribution < -0.4 is 14.2 Å². The van der Waals surface area contributed by atoms with Crippen molar-refractivity contribution in [1.82, 2.24) is 14.4 Å². The summed E-state index contributed by atoms with van der Waals surface area (Å²) < 4.78 is 18.9. The normalized spacial score (nSPS) is 14.8. The maximum Gasteiger partial charge on any atom is 0.223 e. The van der Waals surface area contributed by atoms with E-state index in [4.69, 9.17) is 14.2 Å². The maximum atomic E-state index is 13.8. The van der Waals surface area contributed by atoms with Crippen molar-refractivity contribution in [2.45, 2.75) is 25.8 Å². The number of ether oxygens (including phenoxy) is 3. The van der Waals surface area contributed by atoms with E-state index >= 15 is 0 Å². The van der Waals surface area contributed by atoms with Crippen LogP contribution in [-0.4, -0.2) is 74.3 Å². The number of likely N-dealkylation sites (N-methyl/N-ethyl adjacent to an activating group) is 1. The lowest BCUT2D eigenvalue weighted by Gasteiger charge is -2.35. The molecule has 1 aliphatic heterocycles. The molecule has 0 unspecified atom stereocenters. The summed E-state index contributed by atoms with van der Waals surface area (Å²) in [5, 5.41) is 1.14. The van der Waals surface area contributed by atoms with E-state index in [1.165, 1.54) is 5.56 Å². The summed E-state index contributed by atoms with van der Waals surface area (Å²) in [7, 11) is 5.00. The van der Waals surface area contributed by atoms with Crippen molar-refractivity contribution in [3.05, 3.63) is 89.6 Å². The average Bonchev–Trinajstić information content (AvgIpc) is 3.37. The van der Waals surface area contributed by atoms with Crippen LogP contribution in [0.3, 0.4) is 0 Å². The van der Waals surface area contributed by atoms with Gasteiger partial charge in [-0.25, -0.2) is 0 Å². The molecule has 2 heterocycles. The molecule has 0 bridgehead atoms. The van der Waals surface area contributed by atoms with Crippen molar-refractivity contribution < 1.29 is 19.0 Å². The number of benzene rings is 3. The highest BCUT2D eigenvalue weighted by Crippen LogP contribution is 2.38. The summed E-state index contributed by atoms with van der Waals surface area (Å²) in [6, 6.07) is 22.6. The van der Waals surface area contributed by atoms with Gasteiger partial charge in [0.05, 0.1) is 21.3 Å². The SMILES string of the molecule is CCN1CCN(C(=O)C[C@@H](c2cc(OC)cc(OC)c2)c2cn(Cc3ccc(OC)cc3)c3ccccc23)CC1. The first kappa shape index (κ1) is 27.6. The Morgan fingerprint density at radius 1 is 0.825 bits per heavy atom. The Kier molecular flexibility index (Phi) is 8.60. The van der Waals surface area contributed by atoms with Crippen LogP contribution in [0, 0.1) is 0 Å². The Morgan fingerprint density at radius 3 is 2.10 bits per heavy atom. The molecule has 1 aliphatic rings. The van der Waals surface area contributed by atoms with Gasteiger partial charge in [0.25, 0.3) is 0 Å². The van der Waals surface area contributed by atoms with Gasteiger partial charge in [-0.2, -0.15) is 0 Å². The van der Waals surface area contributed by atoms with Gasteiger partial charge in [-0.05, 0) is 53.6 Å². The van der Waals surface area contributed by atoms with E-state index in [0.717, 1.165) is 60.5 Å². The lowest BCUT2D eigenvalue weighted by atomic mass is 9.87. The summed E-state index contributed by atoms with van der Waals surface area (Å²) in [6.07, 6.45) is 2.59. The van der Waals surface area contributed by atoms with Crippen molar-refractivity contribution in [2.75, 3.05) is 54.1 Å². The van der Waals surface area contributed by atoms with Crippen LogP contribution in [0.1, 0.15) is 36.0 Å². The number of fused-ring (bicyclic) bond motifs is 1. The number of nitrogens with zero attached hydrogens (tertiary/aromatic N) is 3. The maximum absolute atomic E-state index is 13.8. The van der Waals surface area contributed by atoms with Gasteiger partial charge in [0.2, 0.25) is 5.91 Å². The molecular formula is C33H39N3O4. The number of aromatic nitrogens is 1. The molecule has 1 atom stereocenters. The Hall–Kier alpha value is -3.97. The third-order valence-electron chi connectivity index (χ3n) is 8.03. The minimum Gasteiger partial charge on any atom is -0.497 e. The smallest absolute Gasteiger partial charge is 0.223 e. The number of amides is 1. The molecule has 7 heteroatoms. The number of piperazine rings is 1. The highest BCUT2D eigenvalue weighted by atomic mass is 16.5. The van der Waals surface area contributed by atoms with Crippen LogP contribution in [0.5, 0.6) is 17.2 Å². The van der Waals surface area contributed by atoms with E-state index in [1.54, 1.807) is 21.3 Å². The van der Waals surface area contributed by atoms with Crippen molar-refractivity contribution in [3.8, 4) is 17.2 Å². The number of carbonyl (C=O) groups is 1. The van der Waals surface area contributed by atoms with Gasteiger partial charge in [0, 0.05) is 68.2 Å². The second kappa shape index (κ2) is 12.5. The highest BCUT2D eigenvalue weighted by molar-refractivity contribution is 5.87. The Bertz CT molecular complexity index is 1420. The summed E-state index contributed by atoms with van der Waals surface area (Å²) in [5.41, 5.74) is 4.44. The predicted molar refractivity (Wildman–Crippen MR) is 159 cm³/mol. The molecule has 0 radical (unpaired) electrons. The molecule has 1 fully saturated rings. The summed E-state index contributed by atoms with van der Waals surface area (Å²) in [6.45, 7) is 7.27. The molecule has 4 aromatic rings. The second-order valence-electron chi connectivity index (χ2n) is 10.3. The Morgan fingerprint density at radius 2 is 1.48 bits per heavy atom. The lowest BCUT2D eigenvalue weighted by molar-refractivity contribution is -0.133. The third-order valence-corrected chi connectivity index (χ3v) is 8.03. The molecule has 5 rings (SSSR count). The standard InChI is InChI=1S/C33H39N3O4/c1-5-34-14-16-35(17-15-34)33(37)21-30(25-18-27(39-3)20-28(19-25)40-4)31-23-36(32-9-7-6-8-29(31)32)22-24-10-12-26(38-2)13-11-24/h6-13,18-20,23,30H,5,14-17,21-22H2,1-4H3/t30-/m0/s1. The van der Waals surface area contributed by atoms with E-state index in [-0.39, 0.29) is 11.8 Å². The van der Waals surface area contributed by atoms with Crippen molar-refractivity contribution in [3.63, 3.8) is 0 Å². The van der Waals surface area contributed by atoms with Gasteiger partial charge >= 0.3 is 0 Å². The fourth-order valence-electron chi connectivity index (χ4n) is 5.67. The summed E-state index contributed by atoms with van der Waals surface area (Å²) in [4.78, 5) is 18.2. The first-order valence-electron chi connectivity index (χ1n) is 14.0. The van der Waals surface area contributed by atoms with Crippen LogP contribution in [0.2, 0.25) is 0 Å². The predicted octanol–water partition coefficient (Wildman–Crippen LogP) is 5.40. The number of methoxy groups -OCH3 is 3. The molecule has 0 aliphatic carbocycles. The minimum atomic E-state index is -0.164. The zero-order valence-electron chi connectivity index (χ0n) is 23.9. The lowest BCUT2D eigenvalue weighted by Crippen LogP contribution is -2.48. The van der Waals surface area contributed by atoms with E-state index in [2.05, 4.69) is 59.0 Å². The molecule has 0 saturated carbocycles. The van der Waals surface area contributed by atoms with Crippen molar-refractivity contribution >= 4 is 16.8 Å². The van der Waals surface area contributed by atoms with Crippen LogP contribution in [-0.2, 0) is 11.3 Å². The van der Waals surface area contributed by atoms with Gasteiger partial charge in [0.1, 0.15) is 17.2 Å². The molecule has 7 nitrogen and oxygen atoms in total. The van der Waals surface area contributed by atoms with E-state index in [0.29, 0.717) is 24.5 Å². The molecule has 1 amide bonds. The van der Waals surface area contributed by atoms with Crippen molar-refractivity contribution in [2.24, 2.45) is 0 Å². The zero-order chi connectivity index (χ0) is 28.1. The van der Waals surface area contributed by atoms with Gasteiger partial charge in [-0.3, -0.25) is 4.79 Å². The number of carbonyl (C=O) groups excluding carboxylic acids is 1. The van der Waals surface area contributed by atoms with Gasteiger partial charge in [-0.15, -0.1) is 0 Å². The molecular weight excluding hydrogens is 502 g/mol. The second-order valence-corrected chi connectivity index (χ2v) is 10.3. The first-order valence-corrected chi connectivity index (χ1v) is 14.0. The fraction of sp³-hybridized carbons (Fsp3) is 0.364. The summed E-state index contributed by atoms with van der Waals surface area (Å²) >= 11 is 0. The molecule has 0 spiro atoms. The fourth-order valence-corrected chi connectivity index (χ4v) is 5.67. The number of rotatable bonds is 10. The molecule has 40 heavy (non-hydrogen) atoms. The van der Waals surface area contributed by atoms with Crippen LogP contribution in [0.4, 0.5) is 0 Å². The highest BCUT2D eigenvalue weighted by Gasteiger charge is 2.28.